The lowest BCUT2D eigenvalue weighted by Crippen LogP contribution is -2.30. The summed E-state index contributed by atoms with van der Waals surface area (Å²) in [6.07, 6.45) is 79.5. The van der Waals surface area contributed by atoms with Crippen LogP contribution in [0.4, 0.5) is 0 Å². The number of rotatable bonds is 76. The van der Waals surface area contributed by atoms with Crippen LogP contribution in [0, 0.1) is 0 Å². The molecular formula is C83H146O17P2. The summed E-state index contributed by atoms with van der Waals surface area (Å²) in [4.78, 5) is 73.0. The minimum absolute atomic E-state index is 0.0541. The Bertz CT molecular complexity index is 2310. The number of ether oxygens (including phenoxy) is 4. The van der Waals surface area contributed by atoms with Crippen LogP contribution in [0.1, 0.15) is 349 Å². The molecule has 0 fully saturated rings. The van der Waals surface area contributed by atoms with Crippen molar-refractivity contribution in [2.75, 3.05) is 39.6 Å². The Hall–Kier alpha value is -4.02. The van der Waals surface area contributed by atoms with Crippen molar-refractivity contribution >= 4 is 39.5 Å². The molecule has 0 spiro atoms. The third-order valence-electron chi connectivity index (χ3n) is 17.0. The first-order chi connectivity index (χ1) is 49.7. The molecule has 0 aliphatic carbocycles. The second-order valence-corrected chi connectivity index (χ2v) is 29.9. The average molecular weight is 1480 g/mol. The van der Waals surface area contributed by atoms with Gasteiger partial charge in [0.25, 0.3) is 0 Å². The molecule has 0 heterocycles. The van der Waals surface area contributed by atoms with Gasteiger partial charge in [-0.2, -0.15) is 0 Å². The molecule has 3 N–H and O–H groups in total. The zero-order chi connectivity index (χ0) is 74.6. The highest BCUT2D eigenvalue weighted by atomic mass is 31.2. The Morgan fingerprint density at radius 1 is 0.284 bits per heavy atom. The predicted molar refractivity (Wildman–Crippen MR) is 418 cm³/mol. The summed E-state index contributed by atoms with van der Waals surface area (Å²) < 4.78 is 68.6. The molecule has 2 unspecified atom stereocenters. The summed E-state index contributed by atoms with van der Waals surface area (Å²) in [5.41, 5.74) is 0. The second-order valence-electron chi connectivity index (χ2n) is 27.0. The average Bonchev–Trinajstić information content (AvgIpc) is 1.21. The highest BCUT2D eigenvalue weighted by Gasteiger charge is 2.30. The molecule has 19 heteroatoms. The van der Waals surface area contributed by atoms with Gasteiger partial charge in [-0.25, -0.2) is 9.13 Å². The largest absolute Gasteiger partial charge is 0.472 e. The summed E-state index contributed by atoms with van der Waals surface area (Å²) in [5.74, 6) is -2.22. The van der Waals surface area contributed by atoms with Crippen molar-refractivity contribution < 1.29 is 80.2 Å². The first-order valence-electron chi connectivity index (χ1n) is 40.5. The van der Waals surface area contributed by atoms with Crippen molar-refractivity contribution in [1.82, 2.24) is 0 Å². The Kier molecular flexibility index (Phi) is 72.3. The van der Waals surface area contributed by atoms with Crippen molar-refractivity contribution in [3.05, 3.63) is 97.2 Å². The van der Waals surface area contributed by atoms with Crippen LogP contribution in [0.15, 0.2) is 97.2 Å². The van der Waals surface area contributed by atoms with E-state index in [0.717, 1.165) is 167 Å². The molecule has 0 aromatic carbocycles. The Balaban J connectivity index is 5.40. The van der Waals surface area contributed by atoms with Crippen molar-refractivity contribution in [2.24, 2.45) is 0 Å². The zero-order valence-electron chi connectivity index (χ0n) is 64.5. The first-order valence-corrected chi connectivity index (χ1v) is 43.5. The highest BCUT2D eigenvalue weighted by molar-refractivity contribution is 7.47. The summed E-state index contributed by atoms with van der Waals surface area (Å²) in [7, 11) is -9.97. The van der Waals surface area contributed by atoms with Crippen LogP contribution < -0.4 is 0 Å². The first kappa shape index (κ1) is 98.0. The molecule has 17 nitrogen and oxygen atoms in total. The van der Waals surface area contributed by atoms with E-state index in [-0.39, 0.29) is 25.7 Å². The van der Waals surface area contributed by atoms with Crippen molar-refractivity contribution in [3.63, 3.8) is 0 Å². The van der Waals surface area contributed by atoms with Gasteiger partial charge >= 0.3 is 39.5 Å². The quantitative estimate of drug-likeness (QED) is 0.0169. The molecule has 0 aromatic heterocycles. The molecule has 0 aliphatic rings. The van der Waals surface area contributed by atoms with Crippen LogP contribution in [0.5, 0.6) is 0 Å². The summed E-state index contributed by atoms with van der Waals surface area (Å²) >= 11 is 0. The fourth-order valence-electron chi connectivity index (χ4n) is 10.8. The SMILES string of the molecule is CC/C=C\C/C=C\C/C=C\C/C=C\C/C=C\CCCCCC(=O)O[C@H](COC(=O)CCCCCCC/C=C\CCCCCCCC)COP(=O)(O)OC[C@@H](O)COP(=O)(O)OC[C@@H](COC(=O)CCCCCCC/C=C\CCCCCC)OC(=O)CCCCCCC/C=C\CCCCCCCC. The summed E-state index contributed by atoms with van der Waals surface area (Å²) in [6, 6.07) is 0. The van der Waals surface area contributed by atoms with Crippen LogP contribution in [0.3, 0.4) is 0 Å². The van der Waals surface area contributed by atoms with Gasteiger partial charge in [-0.05, 0) is 148 Å². The van der Waals surface area contributed by atoms with E-state index in [2.05, 4.69) is 125 Å². The molecule has 0 aromatic rings. The van der Waals surface area contributed by atoms with E-state index in [1.165, 1.54) is 103 Å². The maximum atomic E-state index is 13.1. The maximum Gasteiger partial charge on any atom is 0.472 e. The number of aliphatic hydroxyl groups excluding tert-OH is 1. The van der Waals surface area contributed by atoms with Gasteiger partial charge in [-0.1, -0.05) is 273 Å². The molecule has 0 saturated carbocycles. The van der Waals surface area contributed by atoms with Crippen molar-refractivity contribution in [1.29, 1.82) is 0 Å². The third kappa shape index (κ3) is 74.3. The molecular weight excluding hydrogens is 1330 g/mol. The second kappa shape index (κ2) is 75.2. The fraction of sp³-hybridized carbons (Fsp3) is 0.759. The lowest BCUT2D eigenvalue weighted by atomic mass is 10.1. The molecule has 0 bridgehead atoms. The van der Waals surface area contributed by atoms with Gasteiger partial charge in [-0.3, -0.25) is 37.3 Å². The summed E-state index contributed by atoms with van der Waals surface area (Å²) in [6.45, 7) is 4.71. The van der Waals surface area contributed by atoms with Crippen LogP contribution in [-0.4, -0.2) is 96.7 Å². The standard InChI is InChI=1S/C83H146O17P2/c1-5-9-13-17-21-25-29-33-36-37-38-39-42-46-50-54-58-62-66-70-83(88)100-79(74-94-81(86)68-64-60-56-52-48-44-40-34-30-26-22-18-14-10-6-2)76-98-102(91,92)96-72-77(84)71-95-101(89,90)97-75-78(73-93-80(85)67-63-59-55-51-47-43-32-28-24-20-16-12-8-4)99-82(87)69-65-61-57-53-49-45-41-35-31-27-23-19-15-11-7-3/h9,13,21,25,28,32-36,38-41,46,50,77-79,84H,5-8,10-12,14-20,22-24,26-27,29-31,37,42-45,47-49,51-76H2,1-4H3,(H,89,90)(H,91,92)/b13-9-,25-21-,32-28-,36-33-,39-38-,40-34-,41-35-,50-46-/t77-,78+,79+/m0/s1. The maximum absolute atomic E-state index is 13.1. The minimum Gasteiger partial charge on any atom is -0.462 e. The molecule has 5 atom stereocenters. The normalized spacial score (nSPS) is 14.4. The molecule has 590 valence electrons. The van der Waals surface area contributed by atoms with E-state index in [1.54, 1.807) is 0 Å². The van der Waals surface area contributed by atoms with Gasteiger partial charge in [0.15, 0.2) is 12.2 Å². The molecule has 0 amide bonds. The van der Waals surface area contributed by atoms with Gasteiger partial charge in [0.2, 0.25) is 0 Å². The number of hydrogen-bond donors (Lipinski definition) is 3. The number of carbonyl (C=O) groups is 4. The van der Waals surface area contributed by atoms with Gasteiger partial charge < -0.3 is 33.8 Å². The van der Waals surface area contributed by atoms with Gasteiger partial charge in [0.1, 0.15) is 19.3 Å². The molecule has 0 aliphatic heterocycles. The third-order valence-corrected chi connectivity index (χ3v) is 18.9. The van der Waals surface area contributed by atoms with Crippen LogP contribution in [0.25, 0.3) is 0 Å². The number of esters is 4. The molecule has 0 saturated heterocycles. The predicted octanol–water partition coefficient (Wildman–Crippen LogP) is 23.6. The van der Waals surface area contributed by atoms with E-state index in [0.29, 0.717) is 25.7 Å². The van der Waals surface area contributed by atoms with Gasteiger partial charge in [0.05, 0.1) is 26.4 Å². The lowest BCUT2D eigenvalue weighted by Gasteiger charge is -2.21. The molecule has 0 radical (unpaired) electrons. The van der Waals surface area contributed by atoms with Crippen molar-refractivity contribution in [3.8, 4) is 0 Å². The fourth-order valence-corrected chi connectivity index (χ4v) is 12.4. The highest BCUT2D eigenvalue weighted by Crippen LogP contribution is 2.45. The number of carbonyl (C=O) groups excluding carboxylic acids is 4. The number of phosphoric ester groups is 2. The zero-order valence-corrected chi connectivity index (χ0v) is 66.3. The van der Waals surface area contributed by atoms with Crippen molar-refractivity contribution in [2.45, 2.75) is 367 Å². The Morgan fingerprint density at radius 3 is 0.814 bits per heavy atom. The van der Waals surface area contributed by atoms with Crippen LogP contribution >= 0.6 is 15.6 Å². The van der Waals surface area contributed by atoms with E-state index in [1.807, 2.05) is 0 Å². The Labute approximate surface area is 620 Å². The van der Waals surface area contributed by atoms with Crippen LogP contribution in [0.2, 0.25) is 0 Å². The smallest absolute Gasteiger partial charge is 0.462 e. The molecule has 102 heavy (non-hydrogen) atoms. The number of allylic oxidation sites excluding steroid dienone is 16. The minimum atomic E-state index is -4.99. The van der Waals surface area contributed by atoms with Gasteiger partial charge in [-0.15, -0.1) is 0 Å². The van der Waals surface area contributed by atoms with Gasteiger partial charge in [0, 0.05) is 25.7 Å². The van der Waals surface area contributed by atoms with E-state index >= 15 is 0 Å². The van der Waals surface area contributed by atoms with Crippen LogP contribution in [-0.2, 0) is 65.4 Å². The van der Waals surface area contributed by atoms with E-state index in [9.17, 15) is 43.2 Å². The molecule has 0 rings (SSSR count). The number of phosphoric acid groups is 2. The summed E-state index contributed by atoms with van der Waals surface area (Å²) in [5, 5.41) is 10.6. The lowest BCUT2D eigenvalue weighted by molar-refractivity contribution is -0.161. The number of unbranched alkanes of at least 4 members (excludes halogenated alkanes) is 34. The van der Waals surface area contributed by atoms with E-state index in [4.69, 9.17) is 37.0 Å². The number of aliphatic hydroxyl groups is 1. The monoisotopic (exact) mass is 1480 g/mol. The van der Waals surface area contributed by atoms with E-state index < -0.39 is 97.5 Å². The number of hydrogen-bond acceptors (Lipinski definition) is 15. The topological polar surface area (TPSA) is 237 Å². The Morgan fingerprint density at radius 2 is 0.510 bits per heavy atom.